The molecule has 2 N–H and O–H groups in total. The van der Waals surface area contributed by atoms with E-state index in [9.17, 15) is 9.59 Å². The van der Waals surface area contributed by atoms with E-state index in [0.29, 0.717) is 12.8 Å². The van der Waals surface area contributed by atoms with Gasteiger partial charge in [0.1, 0.15) is 0 Å². The van der Waals surface area contributed by atoms with Gasteiger partial charge in [0, 0.05) is 12.6 Å². The maximum atomic E-state index is 11.9. The molecule has 108 valence electrons. The molecule has 19 heavy (non-hydrogen) atoms. The predicted octanol–water partition coefficient (Wildman–Crippen LogP) is 1.71. The zero-order valence-electron chi connectivity index (χ0n) is 11.3. The molecule has 0 bridgehead atoms. The molecule has 1 saturated heterocycles. The Morgan fingerprint density at radius 2 is 2.00 bits per heavy atom. The quantitative estimate of drug-likeness (QED) is 0.814. The first-order valence-electron chi connectivity index (χ1n) is 7.29. The van der Waals surface area contributed by atoms with Crippen molar-refractivity contribution in [3.05, 3.63) is 0 Å². The standard InChI is InChI=1S/C14H23NO4/c16-13(9-12-6-1-2-7-19-12)15-11-5-3-4-10(8-11)14(17)18/h10-12H,1-9H2,(H,15,16)(H,17,18). The SMILES string of the molecule is O=C(CC1CCCCO1)NC1CCCC(C(=O)O)C1. The van der Waals surface area contributed by atoms with Gasteiger partial charge in [-0.1, -0.05) is 6.42 Å². The first kappa shape index (κ1) is 14.3. The van der Waals surface area contributed by atoms with Crippen molar-refractivity contribution in [1.29, 1.82) is 0 Å². The normalized spacial score (nSPS) is 31.7. The van der Waals surface area contributed by atoms with Crippen molar-refractivity contribution in [1.82, 2.24) is 5.32 Å². The third-order valence-corrected chi connectivity index (χ3v) is 4.08. The van der Waals surface area contributed by atoms with Gasteiger partial charge >= 0.3 is 5.97 Å². The second kappa shape index (κ2) is 6.89. The van der Waals surface area contributed by atoms with Crippen LogP contribution in [0.5, 0.6) is 0 Å². The number of rotatable bonds is 4. The lowest BCUT2D eigenvalue weighted by Crippen LogP contribution is -2.41. The Kier molecular flexibility index (Phi) is 5.19. The lowest BCUT2D eigenvalue weighted by Gasteiger charge is -2.28. The second-order valence-corrected chi connectivity index (χ2v) is 5.66. The van der Waals surface area contributed by atoms with Crippen LogP contribution in [-0.2, 0) is 14.3 Å². The minimum atomic E-state index is -0.741. The summed E-state index contributed by atoms with van der Waals surface area (Å²) >= 11 is 0. The smallest absolute Gasteiger partial charge is 0.306 e. The molecular weight excluding hydrogens is 246 g/mol. The maximum Gasteiger partial charge on any atom is 0.306 e. The van der Waals surface area contributed by atoms with Gasteiger partial charge in [-0.3, -0.25) is 9.59 Å². The van der Waals surface area contributed by atoms with Crippen LogP contribution in [-0.4, -0.2) is 35.7 Å². The molecule has 0 aromatic rings. The van der Waals surface area contributed by atoms with Gasteiger partial charge < -0.3 is 15.2 Å². The fourth-order valence-corrected chi connectivity index (χ4v) is 3.01. The number of hydrogen-bond donors (Lipinski definition) is 2. The molecule has 1 aliphatic carbocycles. The Morgan fingerprint density at radius 3 is 2.68 bits per heavy atom. The largest absolute Gasteiger partial charge is 0.481 e. The molecule has 0 spiro atoms. The van der Waals surface area contributed by atoms with E-state index in [0.717, 1.165) is 45.1 Å². The molecule has 0 radical (unpaired) electrons. The maximum absolute atomic E-state index is 11.9. The van der Waals surface area contributed by atoms with Crippen LogP contribution in [0, 0.1) is 5.92 Å². The molecule has 1 aliphatic heterocycles. The molecule has 2 rings (SSSR count). The van der Waals surface area contributed by atoms with Gasteiger partial charge in [-0.25, -0.2) is 0 Å². The Labute approximate surface area is 113 Å². The molecule has 1 amide bonds. The third-order valence-electron chi connectivity index (χ3n) is 4.08. The Morgan fingerprint density at radius 1 is 1.16 bits per heavy atom. The van der Waals surface area contributed by atoms with E-state index in [4.69, 9.17) is 9.84 Å². The van der Waals surface area contributed by atoms with Crippen LogP contribution >= 0.6 is 0 Å². The predicted molar refractivity (Wildman–Crippen MR) is 69.7 cm³/mol. The highest BCUT2D eigenvalue weighted by Crippen LogP contribution is 2.24. The Bertz CT molecular complexity index is 325. The van der Waals surface area contributed by atoms with Crippen LogP contribution in [0.4, 0.5) is 0 Å². The van der Waals surface area contributed by atoms with E-state index in [1.54, 1.807) is 0 Å². The van der Waals surface area contributed by atoms with Crippen LogP contribution in [0.15, 0.2) is 0 Å². The zero-order valence-corrected chi connectivity index (χ0v) is 11.3. The summed E-state index contributed by atoms with van der Waals surface area (Å²) in [5.74, 6) is -1.04. The Balaban J connectivity index is 1.73. The van der Waals surface area contributed by atoms with Gasteiger partial charge in [-0.2, -0.15) is 0 Å². The fourth-order valence-electron chi connectivity index (χ4n) is 3.01. The molecule has 3 atom stereocenters. The van der Waals surface area contributed by atoms with Crippen molar-refractivity contribution in [2.24, 2.45) is 5.92 Å². The number of ether oxygens (including phenoxy) is 1. The summed E-state index contributed by atoms with van der Waals surface area (Å²) in [4.78, 5) is 22.9. The minimum absolute atomic E-state index is 0.00272. The van der Waals surface area contributed by atoms with Crippen LogP contribution in [0.3, 0.4) is 0 Å². The van der Waals surface area contributed by atoms with Crippen molar-refractivity contribution >= 4 is 11.9 Å². The molecule has 2 aliphatic rings. The van der Waals surface area contributed by atoms with Crippen molar-refractivity contribution < 1.29 is 19.4 Å². The van der Waals surface area contributed by atoms with Gasteiger partial charge in [0.25, 0.3) is 0 Å². The monoisotopic (exact) mass is 269 g/mol. The van der Waals surface area contributed by atoms with Crippen molar-refractivity contribution in [3.8, 4) is 0 Å². The lowest BCUT2D eigenvalue weighted by molar-refractivity contribution is -0.143. The lowest BCUT2D eigenvalue weighted by atomic mass is 9.85. The highest BCUT2D eigenvalue weighted by molar-refractivity contribution is 5.77. The number of aliphatic carboxylic acids is 1. The summed E-state index contributed by atoms with van der Waals surface area (Å²) in [6, 6.07) is 0.0194. The van der Waals surface area contributed by atoms with Gasteiger partial charge in [0.2, 0.25) is 5.91 Å². The molecular formula is C14H23NO4. The number of hydrogen-bond acceptors (Lipinski definition) is 3. The highest BCUT2D eigenvalue weighted by Gasteiger charge is 2.28. The highest BCUT2D eigenvalue weighted by atomic mass is 16.5. The first-order valence-corrected chi connectivity index (χ1v) is 7.29. The minimum Gasteiger partial charge on any atom is -0.481 e. The van der Waals surface area contributed by atoms with Crippen LogP contribution < -0.4 is 5.32 Å². The summed E-state index contributed by atoms with van der Waals surface area (Å²) in [5.41, 5.74) is 0. The van der Waals surface area contributed by atoms with E-state index in [1.165, 1.54) is 0 Å². The fraction of sp³-hybridized carbons (Fsp3) is 0.857. The van der Waals surface area contributed by atoms with E-state index in [-0.39, 0.29) is 24.0 Å². The van der Waals surface area contributed by atoms with Crippen LogP contribution in [0.2, 0.25) is 0 Å². The molecule has 5 heteroatoms. The topological polar surface area (TPSA) is 75.6 Å². The molecule has 0 aromatic heterocycles. The molecule has 1 saturated carbocycles. The molecule has 0 aromatic carbocycles. The average molecular weight is 269 g/mol. The van der Waals surface area contributed by atoms with Gasteiger partial charge in [0.05, 0.1) is 18.4 Å². The van der Waals surface area contributed by atoms with Crippen LogP contribution in [0.1, 0.15) is 51.4 Å². The average Bonchev–Trinajstić information content (AvgIpc) is 2.40. The molecule has 5 nitrogen and oxygen atoms in total. The van der Waals surface area contributed by atoms with Crippen LogP contribution in [0.25, 0.3) is 0 Å². The number of nitrogens with one attached hydrogen (secondary N) is 1. The summed E-state index contributed by atoms with van der Waals surface area (Å²) in [7, 11) is 0. The zero-order chi connectivity index (χ0) is 13.7. The summed E-state index contributed by atoms with van der Waals surface area (Å²) in [6.07, 6.45) is 6.68. The van der Waals surface area contributed by atoms with Crippen molar-refractivity contribution in [2.45, 2.75) is 63.5 Å². The summed E-state index contributed by atoms with van der Waals surface area (Å²) in [5, 5.41) is 12.0. The van der Waals surface area contributed by atoms with E-state index < -0.39 is 5.97 Å². The number of carboxylic acid groups (broad SMARTS) is 1. The number of amides is 1. The van der Waals surface area contributed by atoms with E-state index in [1.807, 2.05) is 0 Å². The Hall–Kier alpha value is -1.10. The van der Waals surface area contributed by atoms with E-state index in [2.05, 4.69) is 5.32 Å². The molecule has 1 heterocycles. The summed E-state index contributed by atoms with van der Waals surface area (Å²) < 4.78 is 5.54. The number of carbonyl (C=O) groups excluding carboxylic acids is 1. The van der Waals surface area contributed by atoms with Crippen molar-refractivity contribution in [3.63, 3.8) is 0 Å². The van der Waals surface area contributed by atoms with Gasteiger partial charge in [-0.15, -0.1) is 0 Å². The molecule has 3 unspecified atom stereocenters. The third kappa shape index (κ3) is 4.49. The van der Waals surface area contributed by atoms with E-state index >= 15 is 0 Å². The number of carboxylic acids is 1. The van der Waals surface area contributed by atoms with Gasteiger partial charge in [-0.05, 0) is 38.5 Å². The molecule has 2 fully saturated rings. The summed E-state index contributed by atoms with van der Waals surface area (Å²) in [6.45, 7) is 0.752. The van der Waals surface area contributed by atoms with Crippen molar-refractivity contribution in [2.75, 3.05) is 6.61 Å². The first-order chi connectivity index (χ1) is 9.15. The van der Waals surface area contributed by atoms with Gasteiger partial charge in [0.15, 0.2) is 0 Å². The second-order valence-electron chi connectivity index (χ2n) is 5.66. The number of carbonyl (C=O) groups is 2.